The van der Waals surface area contributed by atoms with E-state index < -0.39 is 0 Å². The molecule has 1 heterocycles. The Morgan fingerprint density at radius 3 is 2.22 bits per heavy atom. The van der Waals surface area contributed by atoms with Gasteiger partial charge in [0.05, 0.1) is 13.2 Å². The van der Waals surface area contributed by atoms with Crippen LogP contribution in [0.4, 0.5) is 0 Å². The predicted octanol–water partition coefficient (Wildman–Crippen LogP) is 5.81. The molecule has 5 nitrogen and oxygen atoms in total. The Morgan fingerprint density at radius 1 is 1.00 bits per heavy atom. The van der Waals surface area contributed by atoms with Crippen LogP contribution in [0.25, 0.3) is 6.08 Å². The molecule has 0 saturated heterocycles. The van der Waals surface area contributed by atoms with E-state index in [0.717, 1.165) is 58.8 Å². The van der Waals surface area contributed by atoms with E-state index in [0.29, 0.717) is 18.8 Å². The number of hydrogen-bond donors (Lipinski definition) is 1. The fourth-order valence-electron chi connectivity index (χ4n) is 4.37. The summed E-state index contributed by atoms with van der Waals surface area (Å²) in [6, 6.07) is 18.2. The van der Waals surface area contributed by atoms with Crippen LogP contribution in [0, 0.1) is 11.3 Å². The van der Waals surface area contributed by atoms with Gasteiger partial charge in [-0.15, -0.1) is 0 Å². The van der Waals surface area contributed by atoms with Crippen LogP contribution in [-0.2, 0) is 4.74 Å². The van der Waals surface area contributed by atoms with E-state index in [-0.39, 0.29) is 11.8 Å². The van der Waals surface area contributed by atoms with Crippen LogP contribution >= 0.6 is 0 Å². The molecule has 0 bridgehead atoms. The van der Waals surface area contributed by atoms with Gasteiger partial charge in [-0.05, 0) is 85.7 Å². The van der Waals surface area contributed by atoms with Gasteiger partial charge in [0.2, 0.25) is 5.88 Å². The number of allylic oxidation sites excluding steroid dienone is 3. The summed E-state index contributed by atoms with van der Waals surface area (Å²) in [4.78, 5) is 0. The first kappa shape index (κ1) is 21.6. The van der Waals surface area contributed by atoms with Crippen LogP contribution in [0.1, 0.15) is 50.2 Å². The summed E-state index contributed by atoms with van der Waals surface area (Å²) in [5.41, 5.74) is 11.0. The largest absolute Gasteiger partial charge is 0.494 e. The molecule has 0 radical (unpaired) electrons. The van der Waals surface area contributed by atoms with Crippen LogP contribution in [0.5, 0.6) is 11.5 Å². The Bertz CT molecular complexity index is 1100. The number of ether oxygens (including phenoxy) is 3. The average molecular weight is 429 g/mol. The van der Waals surface area contributed by atoms with Crippen molar-refractivity contribution < 1.29 is 14.2 Å². The first-order valence-electron chi connectivity index (χ1n) is 11.1. The Hall–Kier alpha value is -3.65. The molecule has 0 amide bonds. The molecule has 0 fully saturated rings. The van der Waals surface area contributed by atoms with E-state index in [1.807, 2.05) is 62.4 Å². The van der Waals surface area contributed by atoms with Gasteiger partial charge >= 0.3 is 0 Å². The minimum Gasteiger partial charge on any atom is -0.494 e. The number of hydrogen-bond acceptors (Lipinski definition) is 5. The first-order valence-corrected chi connectivity index (χ1v) is 11.1. The smallest absolute Gasteiger partial charge is 0.205 e. The van der Waals surface area contributed by atoms with Gasteiger partial charge in [0.25, 0.3) is 0 Å². The van der Waals surface area contributed by atoms with Gasteiger partial charge in [0.15, 0.2) is 0 Å². The van der Waals surface area contributed by atoms with Gasteiger partial charge in [0, 0.05) is 5.92 Å². The highest BCUT2D eigenvalue weighted by Gasteiger charge is 2.35. The Kier molecular flexibility index (Phi) is 6.51. The van der Waals surface area contributed by atoms with E-state index >= 15 is 0 Å². The zero-order valence-corrected chi connectivity index (χ0v) is 18.6. The molecule has 2 aliphatic rings. The topological polar surface area (TPSA) is 77.5 Å². The van der Waals surface area contributed by atoms with E-state index in [4.69, 9.17) is 19.9 Å². The lowest BCUT2D eigenvalue weighted by Crippen LogP contribution is -2.23. The minimum atomic E-state index is -0.205. The van der Waals surface area contributed by atoms with Gasteiger partial charge in [-0.3, -0.25) is 0 Å². The van der Waals surface area contributed by atoms with Crippen molar-refractivity contribution in [3.05, 3.63) is 88.0 Å². The van der Waals surface area contributed by atoms with Gasteiger partial charge in [0.1, 0.15) is 28.9 Å². The fourth-order valence-corrected chi connectivity index (χ4v) is 4.37. The summed E-state index contributed by atoms with van der Waals surface area (Å²) in [7, 11) is 0. The second-order valence-electron chi connectivity index (χ2n) is 7.81. The molecular weight excluding hydrogens is 400 g/mol. The van der Waals surface area contributed by atoms with E-state index in [2.05, 4.69) is 12.1 Å². The molecule has 0 saturated carbocycles. The van der Waals surface area contributed by atoms with E-state index in [1.54, 1.807) is 0 Å². The summed E-state index contributed by atoms with van der Waals surface area (Å²) >= 11 is 0. The third-order valence-corrected chi connectivity index (χ3v) is 5.77. The zero-order valence-electron chi connectivity index (χ0n) is 18.6. The molecule has 32 heavy (non-hydrogen) atoms. The van der Waals surface area contributed by atoms with Crippen molar-refractivity contribution in [2.45, 2.75) is 39.0 Å². The number of nitriles is 1. The molecule has 0 spiro atoms. The van der Waals surface area contributed by atoms with Crippen molar-refractivity contribution in [2.75, 3.05) is 13.2 Å². The Labute approximate surface area is 189 Å². The van der Waals surface area contributed by atoms with Crippen LogP contribution in [0.2, 0.25) is 0 Å². The lowest BCUT2D eigenvalue weighted by atomic mass is 9.77. The molecule has 164 valence electrons. The third kappa shape index (κ3) is 4.36. The fraction of sp³-hybridized carbons (Fsp3) is 0.296. The summed E-state index contributed by atoms with van der Waals surface area (Å²) in [5, 5.41) is 9.85. The highest BCUT2D eigenvalue weighted by molar-refractivity contribution is 5.62. The molecule has 2 aromatic carbocycles. The van der Waals surface area contributed by atoms with Crippen molar-refractivity contribution in [3.63, 3.8) is 0 Å². The SMILES string of the molecule is CCOc1ccc(/C=C2\CCCC3=C2OC(N)=C(C#N)C3c2ccc(OCC)cc2)cc1. The van der Waals surface area contributed by atoms with Crippen LogP contribution in [0.15, 0.2) is 76.9 Å². The molecule has 2 aromatic rings. The van der Waals surface area contributed by atoms with Crippen LogP contribution in [0.3, 0.4) is 0 Å². The Balaban J connectivity index is 1.72. The van der Waals surface area contributed by atoms with Crippen molar-refractivity contribution >= 4 is 6.08 Å². The molecule has 1 unspecified atom stereocenters. The summed E-state index contributed by atoms with van der Waals surface area (Å²) < 4.78 is 17.2. The first-order chi connectivity index (χ1) is 15.6. The van der Waals surface area contributed by atoms with Crippen molar-refractivity contribution in [2.24, 2.45) is 5.73 Å². The quantitative estimate of drug-likeness (QED) is 0.628. The van der Waals surface area contributed by atoms with E-state index in [1.165, 1.54) is 0 Å². The zero-order chi connectivity index (χ0) is 22.5. The Morgan fingerprint density at radius 2 is 1.62 bits per heavy atom. The molecule has 1 aliphatic heterocycles. The summed E-state index contributed by atoms with van der Waals surface area (Å²) in [5.74, 6) is 2.45. The lowest BCUT2D eigenvalue weighted by Gasteiger charge is -2.33. The molecule has 1 aliphatic carbocycles. The number of rotatable bonds is 6. The molecule has 1 atom stereocenters. The average Bonchev–Trinajstić information content (AvgIpc) is 2.81. The standard InChI is InChI=1S/C27H28N2O3/c1-3-30-21-12-8-18(9-13-21)16-20-6-5-7-23-25(24(17-28)27(29)32-26(20)23)19-10-14-22(15-11-19)31-4-2/h8-16,25H,3-7,29H2,1-2H3/b20-16+. The van der Waals surface area contributed by atoms with Gasteiger partial charge in [-0.1, -0.05) is 24.3 Å². The predicted molar refractivity (Wildman–Crippen MR) is 125 cm³/mol. The highest BCUT2D eigenvalue weighted by Crippen LogP contribution is 2.47. The number of nitrogens with zero attached hydrogens (tertiary/aromatic N) is 1. The maximum absolute atomic E-state index is 9.85. The molecule has 4 rings (SSSR count). The molecular formula is C27H28N2O3. The van der Waals surface area contributed by atoms with Gasteiger partial charge in [-0.2, -0.15) is 5.26 Å². The second-order valence-corrected chi connectivity index (χ2v) is 7.81. The lowest BCUT2D eigenvalue weighted by molar-refractivity contribution is 0.277. The van der Waals surface area contributed by atoms with Crippen LogP contribution in [-0.4, -0.2) is 13.2 Å². The summed E-state index contributed by atoms with van der Waals surface area (Å²) in [6.07, 6.45) is 4.91. The third-order valence-electron chi connectivity index (χ3n) is 5.77. The normalized spacial score (nSPS) is 19.3. The molecule has 2 N–H and O–H groups in total. The van der Waals surface area contributed by atoms with Gasteiger partial charge in [-0.25, -0.2) is 0 Å². The van der Waals surface area contributed by atoms with Crippen molar-refractivity contribution in [1.82, 2.24) is 0 Å². The number of benzene rings is 2. The minimum absolute atomic E-state index is 0.185. The maximum Gasteiger partial charge on any atom is 0.205 e. The van der Waals surface area contributed by atoms with Crippen molar-refractivity contribution in [1.29, 1.82) is 5.26 Å². The summed E-state index contributed by atoms with van der Waals surface area (Å²) in [6.45, 7) is 5.19. The molecule has 0 aromatic heterocycles. The van der Waals surface area contributed by atoms with Crippen molar-refractivity contribution in [3.8, 4) is 17.6 Å². The monoisotopic (exact) mass is 428 g/mol. The second kappa shape index (κ2) is 9.65. The van der Waals surface area contributed by atoms with Gasteiger partial charge < -0.3 is 19.9 Å². The van der Waals surface area contributed by atoms with E-state index in [9.17, 15) is 5.26 Å². The maximum atomic E-state index is 9.85. The number of nitrogens with two attached hydrogens (primary N) is 1. The van der Waals surface area contributed by atoms with Crippen LogP contribution < -0.4 is 15.2 Å². The highest BCUT2D eigenvalue weighted by atomic mass is 16.5. The molecule has 5 heteroatoms.